The van der Waals surface area contributed by atoms with Crippen molar-refractivity contribution in [2.75, 3.05) is 59.1 Å². The molecule has 1 aromatic rings. The van der Waals surface area contributed by atoms with Crippen LogP contribution in [0.15, 0.2) is 29.3 Å². The quantitative estimate of drug-likeness (QED) is 0.404. The Morgan fingerprint density at radius 3 is 2.68 bits per heavy atom. The minimum atomic E-state index is 0.680. The summed E-state index contributed by atoms with van der Waals surface area (Å²) in [5.74, 6) is 1.80. The molecule has 140 valence electrons. The van der Waals surface area contributed by atoms with Crippen molar-refractivity contribution in [1.29, 1.82) is 0 Å². The molecular weight excluding hydrogens is 316 g/mol. The van der Waals surface area contributed by atoms with Crippen LogP contribution in [0.2, 0.25) is 0 Å². The van der Waals surface area contributed by atoms with Crippen LogP contribution in [0.1, 0.15) is 18.9 Å². The minimum absolute atomic E-state index is 0.680. The highest BCUT2D eigenvalue weighted by atomic mass is 16.5. The number of hydrogen-bond acceptors (Lipinski definition) is 4. The first-order valence-electron chi connectivity index (χ1n) is 9.29. The van der Waals surface area contributed by atoms with Crippen molar-refractivity contribution in [3.8, 4) is 5.75 Å². The number of rotatable bonds is 9. The highest BCUT2D eigenvalue weighted by molar-refractivity contribution is 5.79. The van der Waals surface area contributed by atoms with Gasteiger partial charge >= 0.3 is 0 Å². The predicted octanol–water partition coefficient (Wildman–Crippen LogP) is 1.65. The summed E-state index contributed by atoms with van der Waals surface area (Å²) < 4.78 is 11.1. The second-order valence-corrected chi connectivity index (χ2v) is 6.16. The third kappa shape index (κ3) is 8.23. The van der Waals surface area contributed by atoms with Gasteiger partial charge in [-0.05, 0) is 26.0 Å². The third-order valence-corrected chi connectivity index (χ3v) is 4.03. The van der Waals surface area contributed by atoms with Gasteiger partial charge in [0, 0.05) is 45.7 Å². The average Bonchev–Trinajstić information content (AvgIpc) is 2.64. The van der Waals surface area contributed by atoms with Crippen molar-refractivity contribution >= 4 is 5.96 Å². The molecule has 0 spiro atoms. The Morgan fingerprint density at radius 1 is 1.20 bits per heavy atom. The number of aryl methyl sites for hydroxylation is 1. The summed E-state index contributed by atoms with van der Waals surface area (Å²) in [7, 11) is 0. The van der Waals surface area contributed by atoms with Crippen molar-refractivity contribution in [3.63, 3.8) is 0 Å². The number of benzene rings is 1. The van der Waals surface area contributed by atoms with E-state index < -0.39 is 0 Å². The van der Waals surface area contributed by atoms with Crippen LogP contribution in [0, 0.1) is 6.92 Å². The average molecular weight is 348 g/mol. The molecule has 1 aromatic carbocycles. The van der Waals surface area contributed by atoms with E-state index in [1.165, 1.54) is 5.56 Å². The number of nitrogens with one attached hydrogen (secondary N) is 2. The maximum absolute atomic E-state index is 5.73. The summed E-state index contributed by atoms with van der Waals surface area (Å²) in [4.78, 5) is 7.02. The molecule has 2 rings (SSSR count). The number of ether oxygens (including phenoxy) is 2. The van der Waals surface area contributed by atoms with Gasteiger partial charge < -0.3 is 20.1 Å². The molecule has 0 saturated carbocycles. The van der Waals surface area contributed by atoms with Crippen LogP contribution in [-0.2, 0) is 4.74 Å². The van der Waals surface area contributed by atoms with Crippen LogP contribution in [0.3, 0.4) is 0 Å². The lowest BCUT2D eigenvalue weighted by molar-refractivity contribution is 0.0389. The lowest BCUT2D eigenvalue weighted by Crippen LogP contribution is -2.44. The first kappa shape index (κ1) is 19.5. The van der Waals surface area contributed by atoms with E-state index in [0.717, 1.165) is 70.6 Å². The van der Waals surface area contributed by atoms with E-state index in [4.69, 9.17) is 9.47 Å². The molecule has 0 amide bonds. The van der Waals surface area contributed by atoms with E-state index in [9.17, 15) is 0 Å². The highest BCUT2D eigenvalue weighted by Crippen LogP contribution is 2.11. The van der Waals surface area contributed by atoms with Crippen LogP contribution < -0.4 is 15.4 Å². The summed E-state index contributed by atoms with van der Waals surface area (Å²) in [5.41, 5.74) is 1.25. The van der Waals surface area contributed by atoms with Gasteiger partial charge in [0.25, 0.3) is 0 Å². The van der Waals surface area contributed by atoms with Gasteiger partial charge in [-0.2, -0.15) is 0 Å². The second kappa shape index (κ2) is 11.7. The fourth-order valence-electron chi connectivity index (χ4n) is 2.58. The maximum atomic E-state index is 5.73. The number of nitrogens with zero attached hydrogens (tertiary/aromatic N) is 2. The minimum Gasteiger partial charge on any atom is -0.494 e. The van der Waals surface area contributed by atoms with Gasteiger partial charge in [-0.1, -0.05) is 17.7 Å². The van der Waals surface area contributed by atoms with E-state index in [0.29, 0.717) is 6.61 Å². The SMILES string of the molecule is CCNC(=NCCCOc1ccc(C)cc1)NCCN1CCOCC1. The molecule has 1 saturated heterocycles. The number of aliphatic imine (C=N–C) groups is 1. The molecule has 0 aromatic heterocycles. The van der Waals surface area contributed by atoms with E-state index >= 15 is 0 Å². The molecule has 0 atom stereocenters. The van der Waals surface area contributed by atoms with E-state index in [1.807, 2.05) is 12.1 Å². The van der Waals surface area contributed by atoms with E-state index in [-0.39, 0.29) is 0 Å². The number of guanidine groups is 1. The Bertz CT molecular complexity index is 499. The topological polar surface area (TPSA) is 58.1 Å². The van der Waals surface area contributed by atoms with E-state index in [2.05, 4.69) is 46.5 Å². The maximum Gasteiger partial charge on any atom is 0.191 e. The molecule has 1 heterocycles. The fraction of sp³-hybridized carbons (Fsp3) is 0.632. The zero-order valence-corrected chi connectivity index (χ0v) is 15.6. The molecular formula is C19H32N4O2. The molecule has 0 bridgehead atoms. The van der Waals surface area contributed by atoms with Crippen LogP contribution in [0.5, 0.6) is 5.75 Å². The summed E-state index contributed by atoms with van der Waals surface area (Å²) >= 11 is 0. The number of morpholine rings is 1. The Kier molecular flexibility index (Phi) is 9.15. The lowest BCUT2D eigenvalue weighted by Gasteiger charge is -2.26. The van der Waals surface area contributed by atoms with Crippen molar-refractivity contribution in [3.05, 3.63) is 29.8 Å². The zero-order chi connectivity index (χ0) is 17.7. The lowest BCUT2D eigenvalue weighted by atomic mass is 10.2. The monoisotopic (exact) mass is 348 g/mol. The normalized spacial score (nSPS) is 15.8. The molecule has 1 aliphatic rings. The van der Waals surface area contributed by atoms with Gasteiger partial charge in [0.2, 0.25) is 0 Å². The van der Waals surface area contributed by atoms with Crippen molar-refractivity contribution in [1.82, 2.24) is 15.5 Å². The predicted molar refractivity (Wildman–Crippen MR) is 103 cm³/mol. The number of hydrogen-bond donors (Lipinski definition) is 2. The van der Waals surface area contributed by atoms with Gasteiger partial charge in [-0.3, -0.25) is 9.89 Å². The largest absolute Gasteiger partial charge is 0.494 e. The smallest absolute Gasteiger partial charge is 0.191 e. The van der Waals surface area contributed by atoms with Gasteiger partial charge in [0.05, 0.1) is 19.8 Å². The molecule has 0 unspecified atom stereocenters. The first-order chi connectivity index (χ1) is 12.3. The molecule has 25 heavy (non-hydrogen) atoms. The van der Waals surface area contributed by atoms with Gasteiger partial charge in [0.1, 0.15) is 5.75 Å². The van der Waals surface area contributed by atoms with Crippen LogP contribution in [0.4, 0.5) is 0 Å². The third-order valence-electron chi connectivity index (χ3n) is 4.03. The zero-order valence-electron chi connectivity index (χ0n) is 15.6. The molecule has 1 aliphatic heterocycles. The summed E-state index contributed by atoms with van der Waals surface area (Å²) in [6, 6.07) is 8.15. The molecule has 6 nitrogen and oxygen atoms in total. The molecule has 6 heteroatoms. The standard InChI is InChI=1S/C19H32N4O2/c1-3-20-19(22-10-11-23-12-15-24-16-13-23)21-9-4-14-25-18-7-5-17(2)6-8-18/h5-8H,3-4,9-16H2,1-2H3,(H2,20,21,22). The fourth-order valence-corrected chi connectivity index (χ4v) is 2.58. The summed E-state index contributed by atoms with van der Waals surface area (Å²) in [6.45, 7) is 12.1. The second-order valence-electron chi connectivity index (χ2n) is 6.16. The van der Waals surface area contributed by atoms with Gasteiger partial charge in [-0.15, -0.1) is 0 Å². The van der Waals surface area contributed by atoms with Crippen LogP contribution in [-0.4, -0.2) is 69.9 Å². The Hall–Kier alpha value is -1.79. The Morgan fingerprint density at radius 2 is 1.96 bits per heavy atom. The van der Waals surface area contributed by atoms with Gasteiger partial charge in [0.15, 0.2) is 5.96 Å². The first-order valence-corrected chi connectivity index (χ1v) is 9.29. The Labute approximate surface area is 151 Å². The highest BCUT2D eigenvalue weighted by Gasteiger charge is 2.09. The van der Waals surface area contributed by atoms with Crippen molar-refractivity contribution in [2.45, 2.75) is 20.3 Å². The molecule has 0 aliphatic carbocycles. The van der Waals surface area contributed by atoms with Crippen LogP contribution in [0.25, 0.3) is 0 Å². The van der Waals surface area contributed by atoms with Gasteiger partial charge in [-0.25, -0.2) is 0 Å². The summed E-state index contributed by atoms with van der Waals surface area (Å²) in [5, 5.41) is 6.69. The van der Waals surface area contributed by atoms with E-state index in [1.54, 1.807) is 0 Å². The van der Waals surface area contributed by atoms with Crippen LogP contribution >= 0.6 is 0 Å². The Balaban J connectivity index is 1.61. The molecule has 2 N–H and O–H groups in total. The molecule has 1 fully saturated rings. The van der Waals surface area contributed by atoms with Crippen molar-refractivity contribution in [2.24, 2.45) is 4.99 Å². The molecule has 0 radical (unpaired) electrons. The van der Waals surface area contributed by atoms with Crippen molar-refractivity contribution < 1.29 is 9.47 Å². The summed E-state index contributed by atoms with van der Waals surface area (Å²) in [6.07, 6.45) is 0.897.